The molecule has 0 aliphatic heterocycles. The van der Waals surface area contributed by atoms with Gasteiger partial charge in [0.25, 0.3) is 0 Å². The Morgan fingerprint density at radius 3 is 2.21 bits per heavy atom. The van der Waals surface area contributed by atoms with Crippen LogP contribution in [0.5, 0.6) is 0 Å². The molecule has 0 spiro atoms. The molecule has 14 heavy (non-hydrogen) atoms. The van der Waals surface area contributed by atoms with Crippen molar-refractivity contribution in [2.24, 2.45) is 5.73 Å². The van der Waals surface area contributed by atoms with Gasteiger partial charge in [0.2, 0.25) is 5.91 Å². The average molecular weight is 222 g/mol. The lowest BCUT2D eigenvalue weighted by Gasteiger charge is -2.11. The largest absolute Gasteiger partial charge is 0.368 e. The third kappa shape index (κ3) is 4.57. The average Bonchev–Trinajstić information content (AvgIpc) is 2.03. The molecule has 0 aliphatic rings. The predicted molar refractivity (Wildman–Crippen MR) is 55.6 cm³/mol. The number of sulfone groups is 1. The van der Waals surface area contributed by atoms with Crippen LogP contribution >= 0.6 is 0 Å². The molecule has 0 aromatic heterocycles. The predicted octanol–water partition coefficient (Wildman–Crippen LogP) is -0.727. The van der Waals surface area contributed by atoms with Gasteiger partial charge < -0.3 is 11.1 Å². The van der Waals surface area contributed by atoms with E-state index in [1.165, 1.54) is 0 Å². The van der Waals surface area contributed by atoms with Crippen LogP contribution in [0.2, 0.25) is 0 Å². The van der Waals surface area contributed by atoms with E-state index in [1.54, 1.807) is 20.8 Å². The number of hydrogen-bond donors (Lipinski definition) is 2. The summed E-state index contributed by atoms with van der Waals surface area (Å²) >= 11 is 0. The van der Waals surface area contributed by atoms with Crippen LogP contribution in [0.15, 0.2) is 0 Å². The maximum atomic E-state index is 11.3. The lowest BCUT2D eigenvalue weighted by atomic mass is 10.3. The summed E-state index contributed by atoms with van der Waals surface area (Å²) < 4.78 is 22.7. The van der Waals surface area contributed by atoms with Crippen molar-refractivity contribution in [1.29, 1.82) is 0 Å². The lowest BCUT2D eigenvalue weighted by Crippen LogP contribution is -2.41. The first kappa shape index (κ1) is 13.4. The first-order valence-corrected chi connectivity index (χ1v) is 6.23. The van der Waals surface area contributed by atoms with Gasteiger partial charge >= 0.3 is 0 Å². The van der Waals surface area contributed by atoms with Gasteiger partial charge in [-0.2, -0.15) is 0 Å². The lowest BCUT2D eigenvalue weighted by molar-refractivity contribution is -0.119. The molecule has 5 nitrogen and oxygen atoms in total. The number of carbonyl (C=O) groups excluding carboxylic acids is 1. The van der Waals surface area contributed by atoms with E-state index in [0.717, 1.165) is 0 Å². The van der Waals surface area contributed by atoms with Crippen LogP contribution in [0.4, 0.5) is 0 Å². The fraction of sp³-hybridized carbons (Fsp3) is 0.875. The van der Waals surface area contributed by atoms with Crippen LogP contribution in [-0.4, -0.2) is 37.9 Å². The number of hydrogen-bond acceptors (Lipinski definition) is 4. The zero-order valence-corrected chi connectivity index (χ0v) is 9.60. The van der Waals surface area contributed by atoms with E-state index < -0.39 is 21.8 Å². The molecule has 1 atom stereocenters. The minimum Gasteiger partial charge on any atom is -0.368 e. The minimum absolute atomic E-state index is 0.0300. The molecule has 0 saturated heterocycles. The smallest absolute Gasteiger partial charge is 0.234 e. The fourth-order valence-corrected chi connectivity index (χ4v) is 1.63. The summed E-state index contributed by atoms with van der Waals surface area (Å²) in [6.45, 7) is 5.12. The molecule has 6 heteroatoms. The molecule has 3 N–H and O–H groups in total. The second kappa shape index (κ2) is 5.31. The molecule has 84 valence electrons. The fourth-order valence-electron chi connectivity index (χ4n) is 0.754. The molecule has 0 aromatic rings. The van der Waals surface area contributed by atoms with Crippen molar-refractivity contribution >= 4 is 15.7 Å². The Kier molecular flexibility index (Phi) is 5.07. The van der Waals surface area contributed by atoms with Crippen LogP contribution in [0.25, 0.3) is 0 Å². The van der Waals surface area contributed by atoms with E-state index in [-0.39, 0.29) is 17.5 Å². The number of primary amides is 1. The summed E-state index contributed by atoms with van der Waals surface area (Å²) in [5.41, 5.74) is 4.99. The van der Waals surface area contributed by atoms with Crippen molar-refractivity contribution in [2.45, 2.75) is 32.1 Å². The maximum absolute atomic E-state index is 11.3. The molecular weight excluding hydrogens is 204 g/mol. The SMILES string of the molecule is CC(NCCS(=O)(=O)C(C)C)C(N)=O. The number of amides is 1. The zero-order valence-electron chi connectivity index (χ0n) is 8.78. The topological polar surface area (TPSA) is 89.3 Å². The summed E-state index contributed by atoms with van der Waals surface area (Å²) in [6.07, 6.45) is 0. The Labute approximate surface area is 85.0 Å². The molecule has 0 bridgehead atoms. The molecular formula is C8H18N2O3S. The highest BCUT2D eigenvalue weighted by Gasteiger charge is 2.16. The summed E-state index contributed by atoms with van der Waals surface area (Å²) in [5, 5.41) is 2.36. The van der Waals surface area contributed by atoms with E-state index in [1.807, 2.05) is 0 Å². The van der Waals surface area contributed by atoms with E-state index in [0.29, 0.717) is 0 Å². The third-order valence-electron chi connectivity index (χ3n) is 1.98. The Balaban J connectivity index is 3.92. The van der Waals surface area contributed by atoms with Gasteiger partial charge in [0.1, 0.15) is 0 Å². The van der Waals surface area contributed by atoms with Gasteiger partial charge in [-0.1, -0.05) is 0 Å². The van der Waals surface area contributed by atoms with Crippen molar-refractivity contribution in [3.63, 3.8) is 0 Å². The second-order valence-corrected chi connectivity index (χ2v) is 6.17. The van der Waals surface area contributed by atoms with E-state index >= 15 is 0 Å². The van der Waals surface area contributed by atoms with Gasteiger partial charge in [-0.3, -0.25) is 4.79 Å². The van der Waals surface area contributed by atoms with E-state index in [4.69, 9.17) is 5.73 Å². The first-order valence-electron chi connectivity index (χ1n) is 4.51. The van der Waals surface area contributed by atoms with Gasteiger partial charge in [0.15, 0.2) is 9.84 Å². The van der Waals surface area contributed by atoms with E-state index in [9.17, 15) is 13.2 Å². The Bertz CT molecular complexity index is 285. The Hall–Kier alpha value is -0.620. The van der Waals surface area contributed by atoms with Crippen LogP contribution in [0.1, 0.15) is 20.8 Å². The van der Waals surface area contributed by atoms with Crippen LogP contribution in [0, 0.1) is 0 Å². The molecule has 1 unspecified atom stereocenters. The second-order valence-electron chi connectivity index (χ2n) is 3.49. The van der Waals surface area contributed by atoms with Gasteiger partial charge in [-0.15, -0.1) is 0 Å². The molecule has 1 amide bonds. The highest BCUT2D eigenvalue weighted by molar-refractivity contribution is 7.92. The number of nitrogens with two attached hydrogens (primary N) is 1. The minimum atomic E-state index is -3.03. The molecule has 0 saturated carbocycles. The van der Waals surface area contributed by atoms with Crippen LogP contribution in [-0.2, 0) is 14.6 Å². The highest BCUT2D eigenvalue weighted by Crippen LogP contribution is 1.99. The van der Waals surface area contributed by atoms with Gasteiger partial charge in [0.05, 0.1) is 17.0 Å². The van der Waals surface area contributed by atoms with Gasteiger partial charge in [-0.25, -0.2) is 8.42 Å². The number of rotatable bonds is 6. The number of carbonyl (C=O) groups is 1. The Morgan fingerprint density at radius 2 is 1.86 bits per heavy atom. The van der Waals surface area contributed by atoms with Crippen molar-refractivity contribution in [2.75, 3.05) is 12.3 Å². The Morgan fingerprint density at radius 1 is 1.36 bits per heavy atom. The normalized spacial score (nSPS) is 14.3. The summed E-state index contributed by atoms with van der Waals surface area (Å²) in [5.74, 6) is -0.450. The van der Waals surface area contributed by atoms with Crippen LogP contribution < -0.4 is 11.1 Å². The molecule has 0 aromatic carbocycles. The zero-order chi connectivity index (χ0) is 11.4. The van der Waals surface area contributed by atoms with Crippen molar-refractivity contribution in [1.82, 2.24) is 5.32 Å². The highest BCUT2D eigenvalue weighted by atomic mass is 32.2. The molecule has 0 fully saturated rings. The molecule has 0 rings (SSSR count). The van der Waals surface area contributed by atoms with E-state index in [2.05, 4.69) is 5.32 Å². The van der Waals surface area contributed by atoms with Crippen LogP contribution in [0.3, 0.4) is 0 Å². The van der Waals surface area contributed by atoms with Crippen molar-refractivity contribution in [3.8, 4) is 0 Å². The first-order chi connectivity index (χ1) is 6.27. The monoisotopic (exact) mass is 222 g/mol. The maximum Gasteiger partial charge on any atom is 0.234 e. The van der Waals surface area contributed by atoms with Gasteiger partial charge in [-0.05, 0) is 20.8 Å². The van der Waals surface area contributed by atoms with Gasteiger partial charge in [0, 0.05) is 6.54 Å². The molecule has 0 radical (unpaired) electrons. The summed E-state index contributed by atoms with van der Waals surface area (Å²) in [4.78, 5) is 10.6. The quantitative estimate of drug-likeness (QED) is 0.620. The summed E-state index contributed by atoms with van der Waals surface area (Å²) in [6, 6.07) is -0.489. The number of nitrogens with one attached hydrogen (secondary N) is 1. The summed E-state index contributed by atoms with van der Waals surface area (Å²) in [7, 11) is -3.03. The third-order valence-corrected chi connectivity index (χ3v) is 4.19. The standard InChI is InChI=1S/C8H18N2O3S/c1-6(2)14(12,13)5-4-10-7(3)8(9)11/h6-7,10H,4-5H2,1-3H3,(H2,9,11). The van der Waals surface area contributed by atoms with Crippen molar-refractivity contribution in [3.05, 3.63) is 0 Å². The molecule has 0 heterocycles. The molecule has 0 aliphatic carbocycles. The van der Waals surface area contributed by atoms with Crippen molar-refractivity contribution < 1.29 is 13.2 Å².